The third kappa shape index (κ3) is 3.57. The molecule has 1 atom stereocenters. The van der Waals surface area contributed by atoms with Crippen molar-refractivity contribution in [3.05, 3.63) is 29.3 Å². The Kier molecular flexibility index (Phi) is 4.71. The van der Waals surface area contributed by atoms with Crippen molar-refractivity contribution in [3.63, 3.8) is 0 Å². The van der Waals surface area contributed by atoms with Crippen LogP contribution in [0.3, 0.4) is 0 Å². The SMILES string of the molecule is Cc1ccc(OCC(=O)N2CCCC(O)(C(N)=O)C2)cc1C. The molecule has 3 N–H and O–H groups in total. The molecule has 22 heavy (non-hydrogen) atoms. The molecule has 0 saturated carbocycles. The Bertz CT molecular complexity index is 588. The summed E-state index contributed by atoms with van der Waals surface area (Å²) in [5.74, 6) is -0.434. The largest absolute Gasteiger partial charge is 0.484 e. The minimum absolute atomic E-state index is 0.0720. The summed E-state index contributed by atoms with van der Waals surface area (Å²) in [6.07, 6.45) is 0.818. The number of likely N-dealkylation sites (tertiary alicyclic amines) is 1. The van der Waals surface area contributed by atoms with Gasteiger partial charge < -0.3 is 20.5 Å². The van der Waals surface area contributed by atoms with E-state index in [1.54, 1.807) is 0 Å². The highest BCUT2D eigenvalue weighted by Crippen LogP contribution is 2.21. The average Bonchev–Trinajstić information content (AvgIpc) is 2.48. The number of carbonyl (C=O) groups excluding carboxylic acids is 2. The number of primary amides is 1. The maximum atomic E-state index is 12.2. The van der Waals surface area contributed by atoms with Gasteiger partial charge in [0.05, 0.1) is 6.54 Å². The van der Waals surface area contributed by atoms with Gasteiger partial charge in [-0.05, 0) is 49.9 Å². The quantitative estimate of drug-likeness (QED) is 0.848. The van der Waals surface area contributed by atoms with E-state index in [-0.39, 0.29) is 25.5 Å². The molecule has 0 bridgehead atoms. The highest BCUT2D eigenvalue weighted by Gasteiger charge is 2.40. The molecule has 120 valence electrons. The van der Waals surface area contributed by atoms with E-state index >= 15 is 0 Å². The fraction of sp³-hybridized carbons (Fsp3) is 0.500. The number of piperidine rings is 1. The molecule has 0 aromatic heterocycles. The molecule has 2 rings (SSSR count). The maximum absolute atomic E-state index is 12.2. The molecule has 1 aliphatic rings. The number of rotatable bonds is 4. The molecule has 6 heteroatoms. The Balaban J connectivity index is 1.94. The molecule has 1 heterocycles. The lowest BCUT2D eigenvalue weighted by Crippen LogP contribution is -2.57. The number of benzene rings is 1. The summed E-state index contributed by atoms with van der Waals surface area (Å²) in [5, 5.41) is 10.1. The first-order chi connectivity index (χ1) is 10.3. The van der Waals surface area contributed by atoms with Crippen LogP contribution < -0.4 is 10.5 Å². The average molecular weight is 306 g/mol. The number of carbonyl (C=O) groups is 2. The van der Waals surface area contributed by atoms with Crippen LogP contribution in [0.2, 0.25) is 0 Å². The van der Waals surface area contributed by atoms with Crippen molar-refractivity contribution in [2.45, 2.75) is 32.3 Å². The summed E-state index contributed by atoms with van der Waals surface area (Å²) in [4.78, 5) is 24.9. The van der Waals surface area contributed by atoms with Crippen molar-refractivity contribution in [2.75, 3.05) is 19.7 Å². The Morgan fingerprint density at radius 2 is 2.09 bits per heavy atom. The molecule has 0 spiro atoms. The van der Waals surface area contributed by atoms with Crippen LogP contribution in [0.5, 0.6) is 5.75 Å². The lowest BCUT2D eigenvalue weighted by molar-refractivity contribution is -0.150. The van der Waals surface area contributed by atoms with Crippen LogP contribution in [-0.2, 0) is 9.59 Å². The second kappa shape index (κ2) is 6.36. The van der Waals surface area contributed by atoms with E-state index in [9.17, 15) is 14.7 Å². The van der Waals surface area contributed by atoms with Gasteiger partial charge in [-0.15, -0.1) is 0 Å². The topological polar surface area (TPSA) is 92.9 Å². The number of aliphatic hydroxyl groups is 1. The standard InChI is InChI=1S/C16H22N2O4/c1-11-4-5-13(8-12(11)2)22-9-14(19)18-7-3-6-16(21,10-18)15(17)20/h4-5,8,21H,3,6-7,9-10H2,1-2H3,(H2,17,20). The van der Waals surface area contributed by atoms with Crippen molar-refractivity contribution < 1.29 is 19.4 Å². The van der Waals surface area contributed by atoms with Crippen LogP contribution >= 0.6 is 0 Å². The highest BCUT2D eigenvalue weighted by atomic mass is 16.5. The van der Waals surface area contributed by atoms with Crippen molar-refractivity contribution in [1.82, 2.24) is 4.90 Å². The van der Waals surface area contributed by atoms with Gasteiger partial charge in [0.1, 0.15) is 5.75 Å². The molecular weight excluding hydrogens is 284 g/mol. The number of hydrogen-bond donors (Lipinski definition) is 2. The van der Waals surface area contributed by atoms with E-state index in [4.69, 9.17) is 10.5 Å². The monoisotopic (exact) mass is 306 g/mol. The predicted octanol–water partition coefficient (Wildman–Crippen LogP) is 0.521. The Morgan fingerprint density at radius 3 is 2.73 bits per heavy atom. The summed E-state index contributed by atoms with van der Waals surface area (Å²) in [6, 6.07) is 5.62. The predicted molar refractivity (Wildman–Crippen MR) is 81.4 cm³/mol. The summed E-state index contributed by atoms with van der Waals surface area (Å²) in [7, 11) is 0. The van der Waals surface area contributed by atoms with Gasteiger partial charge in [-0.3, -0.25) is 9.59 Å². The van der Waals surface area contributed by atoms with Crippen LogP contribution in [-0.4, -0.2) is 47.1 Å². The summed E-state index contributed by atoms with van der Waals surface area (Å²) in [6.45, 7) is 4.27. The molecule has 6 nitrogen and oxygen atoms in total. The molecule has 1 saturated heterocycles. The number of nitrogens with zero attached hydrogens (tertiary/aromatic N) is 1. The lowest BCUT2D eigenvalue weighted by atomic mass is 9.92. The van der Waals surface area contributed by atoms with Crippen LogP contribution in [0.15, 0.2) is 18.2 Å². The van der Waals surface area contributed by atoms with Crippen LogP contribution in [0.25, 0.3) is 0 Å². The van der Waals surface area contributed by atoms with Crippen LogP contribution in [0, 0.1) is 13.8 Å². The van der Waals surface area contributed by atoms with E-state index in [0.717, 1.165) is 11.1 Å². The fourth-order valence-electron chi connectivity index (χ4n) is 2.49. The third-order valence-corrected chi connectivity index (χ3v) is 4.12. The molecular formula is C16H22N2O4. The van der Waals surface area contributed by atoms with E-state index in [1.807, 2.05) is 32.0 Å². The molecule has 0 aliphatic carbocycles. The van der Waals surface area contributed by atoms with Gasteiger partial charge in [0.2, 0.25) is 0 Å². The molecule has 1 aromatic carbocycles. The van der Waals surface area contributed by atoms with Gasteiger partial charge in [-0.25, -0.2) is 0 Å². The van der Waals surface area contributed by atoms with Crippen molar-refractivity contribution in [2.24, 2.45) is 5.73 Å². The summed E-state index contributed by atoms with van der Waals surface area (Å²) in [5.41, 5.74) is 5.81. The first-order valence-corrected chi connectivity index (χ1v) is 7.32. The minimum atomic E-state index is -1.63. The lowest BCUT2D eigenvalue weighted by Gasteiger charge is -2.36. The van der Waals surface area contributed by atoms with Gasteiger partial charge in [-0.2, -0.15) is 0 Å². The molecule has 1 unspecified atom stereocenters. The third-order valence-electron chi connectivity index (χ3n) is 4.12. The fourth-order valence-corrected chi connectivity index (χ4v) is 2.49. The summed E-state index contributed by atoms with van der Waals surface area (Å²) >= 11 is 0. The highest BCUT2D eigenvalue weighted by molar-refractivity contribution is 5.85. The van der Waals surface area contributed by atoms with Crippen molar-refractivity contribution in [3.8, 4) is 5.75 Å². The maximum Gasteiger partial charge on any atom is 0.260 e. The zero-order chi connectivity index (χ0) is 16.3. The molecule has 1 fully saturated rings. The Morgan fingerprint density at radius 1 is 1.36 bits per heavy atom. The Hall–Kier alpha value is -2.08. The zero-order valence-corrected chi connectivity index (χ0v) is 13.0. The Labute approximate surface area is 129 Å². The first kappa shape index (κ1) is 16.3. The molecule has 2 amide bonds. The van der Waals surface area contributed by atoms with E-state index < -0.39 is 11.5 Å². The second-order valence-corrected chi connectivity index (χ2v) is 5.85. The van der Waals surface area contributed by atoms with E-state index in [2.05, 4.69) is 0 Å². The zero-order valence-electron chi connectivity index (χ0n) is 13.0. The van der Waals surface area contributed by atoms with Gasteiger partial charge in [0.25, 0.3) is 11.8 Å². The normalized spacial score (nSPS) is 21.5. The van der Waals surface area contributed by atoms with Gasteiger partial charge in [-0.1, -0.05) is 6.07 Å². The van der Waals surface area contributed by atoms with Crippen molar-refractivity contribution in [1.29, 1.82) is 0 Å². The van der Waals surface area contributed by atoms with Gasteiger partial charge in [0, 0.05) is 6.54 Å². The molecule has 0 radical (unpaired) electrons. The summed E-state index contributed by atoms with van der Waals surface area (Å²) < 4.78 is 5.50. The van der Waals surface area contributed by atoms with Gasteiger partial charge >= 0.3 is 0 Å². The second-order valence-electron chi connectivity index (χ2n) is 5.85. The molecule has 1 aromatic rings. The number of aryl methyl sites for hydroxylation is 2. The van der Waals surface area contributed by atoms with Gasteiger partial charge in [0.15, 0.2) is 12.2 Å². The number of hydrogen-bond acceptors (Lipinski definition) is 4. The number of nitrogens with two attached hydrogens (primary N) is 1. The number of ether oxygens (including phenoxy) is 1. The number of β-amino-alcohol motifs (C(OH)–C–C–N with tert-alkyl or cyclic N) is 1. The smallest absolute Gasteiger partial charge is 0.260 e. The van der Waals surface area contributed by atoms with Crippen LogP contribution in [0.4, 0.5) is 0 Å². The minimum Gasteiger partial charge on any atom is -0.484 e. The van der Waals surface area contributed by atoms with E-state index in [0.29, 0.717) is 18.7 Å². The molecule has 1 aliphatic heterocycles. The first-order valence-electron chi connectivity index (χ1n) is 7.32. The van der Waals surface area contributed by atoms with E-state index in [1.165, 1.54) is 4.90 Å². The van der Waals surface area contributed by atoms with Crippen LogP contribution in [0.1, 0.15) is 24.0 Å². The van der Waals surface area contributed by atoms with Crippen molar-refractivity contribution >= 4 is 11.8 Å². The number of amides is 2.